The van der Waals surface area contributed by atoms with Gasteiger partial charge in [-0.25, -0.2) is 4.79 Å². The van der Waals surface area contributed by atoms with E-state index in [1.165, 1.54) is 0 Å². The smallest absolute Gasteiger partial charge is 0.317 e. The van der Waals surface area contributed by atoms with Crippen molar-refractivity contribution in [1.82, 2.24) is 15.1 Å². The Balaban J connectivity index is 1.76. The molecule has 0 aliphatic carbocycles. The summed E-state index contributed by atoms with van der Waals surface area (Å²) in [7, 11) is 0. The normalized spacial score (nSPS) is 17.6. The molecule has 2 N–H and O–H groups in total. The Labute approximate surface area is 141 Å². The van der Waals surface area contributed by atoms with E-state index >= 15 is 0 Å². The molecular weight excluding hydrogens is 304 g/mol. The quantitative estimate of drug-likeness (QED) is 0.845. The van der Waals surface area contributed by atoms with Gasteiger partial charge in [-0.15, -0.1) is 0 Å². The van der Waals surface area contributed by atoms with Gasteiger partial charge >= 0.3 is 6.03 Å². The first-order chi connectivity index (χ1) is 11.6. The predicted octanol–water partition coefficient (Wildman–Crippen LogP) is 3.68. The zero-order valence-electron chi connectivity index (χ0n) is 14.0. The molecular formula is C18H22N4O2. The minimum absolute atomic E-state index is 0.0291. The van der Waals surface area contributed by atoms with E-state index in [2.05, 4.69) is 15.5 Å². The average Bonchev–Trinajstić information content (AvgIpc) is 3.09. The monoisotopic (exact) mass is 326 g/mol. The Bertz CT molecular complexity index is 739. The summed E-state index contributed by atoms with van der Waals surface area (Å²) < 4.78 is 0. The Kier molecular flexibility index (Phi) is 4.64. The van der Waals surface area contributed by atoms with Crippen LogP contribution in [0.5, 0.6) is 0 Å². The maximum atomic E-state index is 12.7. The minimum Gasteiger partial charge on any atom is -0.317 e. The highest BCUT2D eigenvalue weighted by Gasteiger charge is 2.28. The van der Waals surface area contributed by atoms with Gasteiger partial charge in [0.25, 0.3) is 0 Å². The van der Waals surface area contributed by atoms with Crippen LogP contribution < -0.4 is 5.32 Å². The predicted molar refractivity (Wildman–Crippen MR) is 92.1 cm³/mol. The summed E-state index contributed by atoms with van der Waals surface area (Å²) in [5.74, 6) is 0.0291. The third kappa shape index (κ3) is 3.32. The summed E-state index contributed by atoms with van der Waals surface area (Å²) in [6.45, 7) is 4.15. The number of anilines is 1. The van der Waals surface area contributed by atoms with Crippen LogP contribution in [0.3, 0.4) is 0 Å². The number of hydrogen-bond donors (Lipinski definition) is 2. The van der Waals surface area contributed by atoms with Crippen LogP contribution in [-0.2, 0) is 0 Å². The molecule has 1 saturated heterocycles. The number of piperidine rings is 1. The number of benzene rings is 1. The lowest BCUT2D eigenvalue weighted by Crippen LogP contribution is -2.41. The fraction of sp³-hybridized carbons (Fsp3) is 0.389. The first kappa shape index (κ1) is 16.2. The van der Waals surface area contributed by atoms with Crippen molar-refractivity contribution < 1.29 is 9.59 Å². The molecule has 1 atom stereocenters. The van der Waals surface area contributed by atoms with E-state index in [4.69, 9.17) is 0 Å². The fourth-order valence-corrected chi connectivity index (χ4v) is 3.30. The van der Waals surface area contributed by atoms with Gasteiger partial charge < -0.3 is 10.2 Å². The summed E-state index contributed by atoms with van der Waals surface area (Å²) in [5, 5.41) is 9.77. The van der Waals surface area contributed by atoms with Crippen molar-refractivity contribution in [3.05, 3.63) is 47.3 Å². The summed E-state index contributed by atoms with van der Waals surface area (Å²) in [6, 6.07) is 5.31. The second-order valence-corrected chi connectivity index (χ2v) is 6.25. The van der Waals surface area contributed by atoms with Crippen LogP contribution in [0.2, 0.25) is 0 Å². The van der Waals surface area contributed by atoms with E-state index in [9.17, 15) is 9.59 Å². The molecule has 0 spiro atoms. The van der Waals surface area contributed by atoms with Gasteiger partial charge in [0.15, 0.2) is 5.78 Å². The molecule has 2 aromatic rings. The molecule has 1 aliphatic heterocycles. The Hall–Kier alpha value is -2.63. The number of H-pyrrole nitrogens is 1. The number of rotatable bonds is 3. The van der Waals surface area contributed by atoms with E-state index in [0.29, 0.717) is 11.3 Å². The van der Waals surface area contributed by atoms with E-state index in [0.717, 1.165) is 36.9 Å². The van der Waals surface area contributed by atoms with Crippen molar-refractivity contribution in [3.63, 3.8) is 0 Å². The molecule has 2 heterocycles. The Morgan fingerprint density at radius 3 is 2.83 bits per heavy atom. The molecule has 126 valence electrons. The fourth-order valence-electron chi connectivity index (χ4n) is 3.30. The number of nitrogens with zero attached hydrogens (tertiary/aromatic N) is 2. The third-order valence-electron chi connectivity index (χ3n) is 4.52. The largest absolute Gasteiger partial charge is 0.322 e. The molecule has 3 rings (SSSR count). The van der Waals surface area contributed by atoms with E-state index in [1.54, 1.807) is 25.3 Å². The molecule has 1 fully saturated rings. The molecule has 0 bridgehead atoms. The van der Waals surface area contributed by atoms with Gasteiger partial charge in [0.2, 0.25) is 0 Å². The maximum Gasteiger partial charge on any atom is 0.322 e. The van der Waals surface area contributed by atoms with Crippen molar-refractivity contribution in [3.8, 4) is 0 Å². The molecule has 1 aromatic heterocycles. The number of Topliss-reactive ketones (excluding diaryl/α,β-unsaturated/α-hetero) is 1. The summed E-state index contributed by atoms with van der Waals surface area (Å²) in [6.07, 6.45) is 6.68. The van der Waals surface area contributed by atoms with Gasteiger partial charge in [-0.2, -0.15) is 5.10 Å². The van der Waals surface area contributed by atoms with Crippen LogP contribution in [0.25, 0.3) is 0 Å². The number of carbonyl (C=O) groups excluding carboxylic acids is 2. The molecule has 24 heavy (non-hydrogen) atoms. The standard InChI is InChI=1S/C18H22N4O2/c1-12-9-15(6-7-16(12)13(2)23)21-18(24)22-8-4-3-5-17(22)14-10-19-20-11-14/h6-7,9-11,17H,3-5,8H2,1-2H3,(H,19,20)(H,21,24)/t17-/m0/s1. The van der Waals surface area contributed by atoms with Crippen molar-refractivity contribution in [2.24, 2.45) is 0 Å². The zero-order valence-corrected chi connectivity index (χ0v) is 14.0. The van der Waals surface area contributed by atoms with Crippen molar-refractivity contribution in [2.45, 2.75) is 39.2 Å². The number of nitrogens with one attached hydrogen (secondary N) is 2. The van der Waals surface area contributed by atoms with Gasteiger partial charge in [-0.3, -0.25) is 9.89 Å². The first-order valence-electron chi connectivity index (χ1n) is 8.24. The second kappa shape index (κ2) is 6.86. The molecule has 6 heteroatoms. The first-order valence-corrected chi connectivity index (χ1v) is 8.24. The number of aromatic amines is 1. The van der Waals surface area contributed by atoms with Gasteiger partial charge in [0, 0.05) is 29.6 Å². The van der Waals surface area contributed by atoms with Crippen LogP contribution in [-0.4, -0.2) is 33.5 Å². The lowest BCUT2D eigenvalue weighted by atomic mass is 9.98. The molecule has 1 aromatic carbocycles. The van der Waals surface area contributed by atoms with Crippen molar-refractivity contribution in [1.29, 1.82) is 0 Å². The van der Waals surface area contributed by atoms with Gasteiger partial charge in [-0.05, 0) is 56.9 Å². The van der Waals surface area contributed by atoms with Crippen molar-refractivity contribution >= 4 is 17.5 Å². The van der Waals surface area contributed by atoms with Gasteiger partial charge in [0.05, 0.1) is 12.2 Å². The molecule has 0 radical (unpaired) electrons. The van der Waals surface area contributed by atoms with E-state index in [-0.39, 0.29) is 17.9 Å². The summed E-state index contributed by atoms with van der Waals surface area (Å²) >= 11 is 0. The van der Waals surface area contributed by atoms with Gasteiger partial charge in [-0.1, -0.05) is 0 Å². The number of urea groups is 1. The number of ketones is 1. The minimum atomic E-state index is -0.115. The zero-order chi connectivity index (χ0) is 17.1. The second-order valence-electron chi connectivity index (χ2n) is 6.25. The number of aromatic nitrogens is 2. The third-order valence-corrected chi connectivity index (χ3v) is 4.52. The number of amides is 2. The van der Waals surface area contributed by atoms with Crippen LogP contribution in [0, 0.1) is 6.92 Å². The number of aryl methyl sites for hydroxylation is 1. The Morgan fingerprint density at radius 2 is 2.17 bits per heavy atom. The number of hydrogen-bond acceptors (Lipinski definition) is 3. The van der Waals surface area contributed by atoms with E-state index in [1.807, 2.05) is 24.1 Å². The lowest BCUT2D eigenvalue weighted by molar-refractivity contribution is 0.101. The molecule has 6 nitrogen and oxygen atoms in total. The highest BCUT2D eigenvalue weighted by Crippen LogP contribution is 2.31. The number of likely N-dealkylation sites (tertiary alicyclic amines) is 1. The lowest BCUT2D eigenvalue weighted by Gasteiger charge is -2.35. The van der Waals surface area contributed by atoms with Crippen molar-refractivity contribution in [2.75, 3.05) is 11.9 Å². The molecule has 2 amide bonds. The van der Waals surface area contributed by atoms with Crippen LogP contribution in [0.1, 0.15) is 53.7 Å². The van der Waals surface area contributed by atoms with Crippen LogP contribution >= 0.6 is 0 Å². The van der Waals surface area contributed by atoms with Gasteiger partial charge in [0.1, 0.15) is 0 Å². The Morgan fingerprint density at radius 1 is 1.33 bits per heavy atom. The maximum absolute atomic E-state index is 12.7. The summed E-state index contributed by atoms with van der Waals surface area (Å²) in [4.78, 5) is 26.1. The highest BCUT2D eigenvalue weighted by atomic mass is 16.2. The molecule has 0 saturated carbocycles. The molecule has 0 unspecified atom stereocenters. The van der Waals surface area contributed by atoms with Crippen LogP contribution in [0.15, 0.2) is 30.6 Å². The van der Waals surface area contributed by atoms with Crippen LogP contribution in [0.4, 0.5) is 10.5 Å². The summed E-state index contributed by atoms with van der Waals surface area (Å²) in [5.41, 5.74) is 3.29. The molecule has 1 aliphatic rings. The number of carbonyl (C=O) groups is 2. The topological polar surface area (TPSA) is 78.1 Å². The van der Waals surface area contributed by atoms with E-state index < -0.39 is 0 Å². The SMILES string of the molecule is CC(=O)c1ccc(NC(=O)N2CCCC[C@H]2c2cn[nH]c2)cc1C. The highest BCUT2D eigenvalue weighted by molar-refractivity contribution is 5.97. The average molecular weight is 326 g/mol.